The molecule has 3 heterocycles. The summed E-state index contributed by atoms with van der Waals surface area (Å²) in [5, 5.41) is 9.91. The van der Waals surface area contributed by atoms with E-state index in [1.807, 2.05) is 24.5 Å². The van der Waals surface area contributed by atoms with Gasteiger partial charge in [-0.3, -0.25) is 9.69 Å². The minimum atomic E-state index is -0.622. The van der Waals surface area contributed by atoms with E-state index in [4.69, 9.17) is 21.1 Å². The van der Waals surface area contributed by atoms with Gasteiger partial charge in [0.2, 0.25) is 0 Å². The summed E-state index contributed by atoms with van der Waals surface area (Å²) in [7, 11) is 0. The van der Waals surface area contributed by atoms with Gasteiger partial charge in [0, 0.05) is 37.4 Å². The van der Waals surface area contributed by atoms with Crippen molar-refractivity contribution < 1.29 is 19.1 Å². The molecule has 2 aliphatic rings. The van der Waals surface area contributed by atoms with Gasteiger partial charge in [-0.2, -0.15) is 5.26 Å². The van der Waals surface area contributed by atoms with Gasteiger partial charge in [-0.1, -0.05) is 11.6 Å². The number of amides is 2. The van der Waals surface area contributed by atoms with E-state index in [-0.39, 0.29) is 24.7 Å². The third-order valence-corrected chi connectivity index (χ3v) is 6.84. The van der Waals surface area contributed by atoms with Gasteiger partial charge >= 0.3 is 6.09 Å². The molecule has 0 saturated carbocycles. The number of hydrogen-bond acceptors (Lipinski definition) is 5. The highest BCUT2D eigenvalue weighted by molar-refractivity contribution is 6.32. The number of piperidine rings is 1. The van der Waals surface area contributed by atoms with Crippen molar-refractivity contribution in [1.82, 2.24) is 14.4 Å². The number of carbonyl (C=O) groups is 2. The highest BCUT2D eigenvalue weighted by Gasteiger charge is 2.49. The van der Waals surface area contributed by atoms with Crippen molar-refractivity contribution in [2.75, 3.05) is 26.2 Å². The second-order valence-corrected chi connectivity index (χ2v) is 9.26. The number of likely N-dealkylation sites (tertiary alicyclic amines) is 1. The zero-order valence-electron chi connectivity index (χ0n) is 19.7. The maximum Gasteiger partial charge on any atom is 0.410 e. The number of nitrogens with zero attached hydrogens (tertiary/aromatic N) is 4. The molecule has 1 aromatic heterocycles. The molecule has 1 fully saturated rings. The largest absolute Gasteiger partial charge is 0.489 e. The first-order valence-corrected chi connectivity index (χ1v) is 12.0. The van der Waals surface area contributed by atoms with Crippen molar-refractivity contribution in [2.45, 2.75) is 51.8 Å². The molecular formula is C25H29ClN4O4. The molecule has 1 spiro atoms. The first kappa shape index (κ1) is 24.0. The Morgan fingerprint density at radius 2 is 1.88 bits per heavy atom. The molecule has 0 N–H and O–H groups in total. The number of hydrogen-bond donors (Lipinski definition) is 0. The van der Waals surface area contributed by atoms with Crippen LogP contribution in [0, 0.1) is 11.3 Å². The summed E-state index contributed by atoms with van der Waals surface area (Å²) in [6, 6.07) is 11.1. The fraction of sp³-hybridized carbons (Fsp3) is 0.480. The van der Waals surface area contributed by atoms with Crippen LogP contribution in [0.2, 0.25) is 5.02 Å². The van der Waals surface area contributed by atoms with Crippen LogP contribution in [0.15, 0.2) is 30.3 Å². The number of rotatable bonds is 4. The summed E-state index contributed by atoms with van der Waals surface area (Å²) in [6.45, 7) is 7.83. The Balaban J connectivity index is 1.57. The number of carbonyl (C=O) groups excluding carboxylic acids is 2. The molecule has 0 unspecified atom stereocenters. The van der Waals surface area contributed by atoms with Crippen LogP contribution >= 0.6 is 11.6 Å². The van der Waals surface area contributed by atoms with Gasteiger partial charge in [0.15, 0.2) is 0 Å². The number of ether oxygens (including phenoxy) is 2. The molecule has 0 aliphatic carbocycles. The van der Waals surface area contributed by atoms with Crippen molar-refractivity contribution in [3.63, 3.8) is 0 Å². The Bertz CT molecular complexity index is 1130. The van der Waals surface area contributed by atoms with Crippen molar-refractivity contribution in [2.24, 2.45) is 0 Å². The van der Waals surface area contributed by atoms with E-state index in [2.05, 4.69) is 6.07 Å². The number of aromatic nitrogens is 1. The quantitative estimate of drug-likeness (QED) is 0.641. The third kappa shape index (κ3) is 4.21. The number of benzene rings is 1. The highest BCUT2D eigenvalue weighted by Crippen LogP contribution is 2.43. The molecule has 2 aliphatic heterocycles. The van der Waals surface area contributed by atoms with Gasteiger partial charge in [-0.15, -0.1) is 0 Å². The molecule has 8 nitrogen and oxygen atoms in total. The minimum Gasteiger partial charge on any atom is -0.489 e. The van der Waals surface area contributed by atoms with Gasteiger partial charge in [-0.05, 0) is 63.9 Å². The Kier molecular flexibility index (Phi) is 6.76. The van der Waals surface area contributed by atoms with E-state index in [0.29, 0.717) is 61.1 Å². The summed E-state index contributed by atoms with van der Waals surface area (Å²) in [5.41, 5.74) is 1.38. The Hall–Kier alpha value is -3.18. The Morgan fingerprint density at radius 3 is 2.50 bits per heavy atom. The smallest absolute Gasteiger partial charge is 0.410 e. The highest BCUT2D eigenvalue weighted by atomic mass is 35.5. The lowest BCUT2D eigenvalue weighted by molar-refractivity contribution is -0.00457. The van der Waals surface area contributed by atoms with Gasteiger partial charge in [0.05, 0.1) is 23.3 Å². The predicted molar refractivity (Wildman–Crippen MR) is 127 cm³/mol. The Morgan fingerprint density at radius 1 is 1.15 bits per heavy atom. The van der Waals surface area contributed by atoms with E-state index in [0.717, 1.165) is 5.69 Å². The number of fused-ring (bicyclic) bond motifs is 2. The van der Waals surface area contributed by atoms with Crippen LogP contribution in [0.1, 0.15) is 55.4 Å². The van der Waals surface area contributed by atoms with Crippen LogP contribution in [0.4, 0.5) is 4.79 Å². The van der Waals surface area contributed by atoms with Gasteiger partial charge < -0.3 is 18.9 Å². The SMILES string of the molecule is CCOC(=O)N1CCn2c(C#N)ccc2C12CCN(C(=O)c1ccc(OC(C)C)c(Cl)c1)CC2. The monoisotopic (exact) mass is 484 g/mol. The van der Waals surface area contributed by atoms with Crippen molar-refractivity contribution in [3.8, 4) is 11.8 Å². The number of halogens is 1. The van der Waals surface area contributed by atoms with Crippen LogP contribution in [0.5, 0.6) is 5.75 Å². The summed E-state index contributed by atoms with van der Waals surface area (Å²) >= 11 is 6.35. The summed E-state index contributed by atoms with van der Waals surface area (Å²) < 4.78 is 13.0. The maximum atomic E-state index is 13.2. The molecule has 9 heteroatoms. The molecule has 1 aromatic carbocycles. The molecule has 0 bridgehead atoms. The molecule has 180 valence electrons. The lowest BCUT2D eigenvalue weighted by atomic mass is 9.81. The van der Waals surface area contributed by atoms with Crippen LogP contribution < -0.4 is 4.74 Å². The fourth-order valence-corrected chi connectivity index (χ4v) is 5.23. The van der Waals surface area contributed by atoms with E-state index < -0.39 is 5.54 Å². The summed E-state index contributed by atoms with van der Waals surface area (Å²) in [4.78, 5) is 29.7. The molecule has 0 radical (unpaired) electrons. The van der Waals surface area contributed by atoms with Crippen LogP contribution in [-0.2, 0) is 16.8 Å². The van der Waals surface area contributed by atoms with Crippen LogP contribution in [-0.4, -0.2) is 58.7 Å². The molecule has 2 amide bonds. The van der Waals surface area contributed by atoms with Crippen LogP contribution in [0.25, 0.3) is 0 Å². The average Bonchev–Trinajstić information content (AvgIpc) is 3.25. The standard InChI is InChI=1S/C25H29ClN4O4/c1-4-33-24(32)30-14-13-29-19(16-27)6-8-22(29)25(30)9-11-28(12-10-25)23(31)18-5-7-21(20(26)15-18)34-17(2)3/h5-8,15,17H,4,9-14H2,1-3H3. The third-order valence-electron chi connectivity index (χ3n) is 6.54. The lowest BCUT2D eigenvalue weighted by Gasteiger charge is -2.51. The van der Waals surface area contributed by atoms with Gasteiger partial charge in [0.1, 0.15) is 17.5 Å². The van der Waals surface area contributed by atoms with E-state index in [1.165, 1.54) is 0 Å². The fourth-order valence-electron chi connectivity index (χ4n) is 5.00. The van der Waals surface area contributed by atoms with Crippen molar-refractivity contribution in [3.05, 3.63) is 52.3 Å². The first-order chi connectivity index (χ1) is 16.3. The molecule has 34 heavy (non-hydrogen) atoms. The maximum absolute atomic E-state index is 13.2. The summed E-state index contributed by atoms with van der Waals surface area (Å²) in [6.07, 6.45) is 0.722. The topological polar surface area (TPSA) is 87.8 Å². The summed E-state index contributed by atoms with van der Waals surface area (Å²) in [5.74, 6) is 0.437. The second kappa shape index (κ2) is 9.59. The van der Waals surface area contributed by atoms with Crippen molar-refractivity contribution >= 4 is 23.6 Å². The zero-order valence-corrected chi connectivity index (χ0v) is 20.5. The second-order valence-electron chi connectivity index (χ2n) is 8.85. The van der Waals surface area contributed by atoms with Gasteiger partial charge in [0.25, 0.3) is 5.91 Å². The molecule has 1 saturated heterocycles. The molecular weight excluding hydrogens is 456 g/mol. The number of nitriles is 1. The average molecular weight is 485 g/mol. The Labute approximate surface area is 204 Å². The predicted octanol–water partition coefficient (Wildman–Crippen LogP) is 4.40. The van der Waals surface area contributed by atoms with E-state index in [9.17, 15) is 14.9 Å². The van der Waals surface area contributed by atoms with Gasteiger partial charge in [-0.25, -0.2) is 4.79 Å². The first-order valence-electron chi connectivity index (χ1n) is 11.6. The van der Waals surface area contributed by atoms with Crippen molar-refractivity contribution in [1.29, 1.82) is 5.26 Å². The molecule has 4 rings (SSSR count). The molecule has 2 aromatic rings. The van der Waals surface area contributed by atoms with Crippen LogP contribution in [0.3, 0.4) is 0 Å². The van der Waals surface area contributed by atoms with E-state index >= 15 is 0 Å². The van der Waals surface area contributed by atoms with E-state index in [1.54, 1.807) is 41.0 Å². The normalized spacial score (nSPS) is 16.8. The lowest BCUT2D eigenvalue weighted by Crippen LogP contribution is -2.60. The zero-order chi connectivity index (χ0) is 24.5. The molecule has 0 atom stereocenters. The minimum absolute atomic E-state index is 0.0179.